The molecule has 1 aromatic rings. The lowest BCUT2D eigenvalue weighted by atomic mass is 9.94. The lowest BCUT2D eigenvalue weighted by Gasteiger charge is -2.31. The van der Waals surface area contributed by atoms with E-state index in [0.29, 0.717) is 11.4 Å². The molecule has 1 heterocycles. The monoisotopic (exact) mass is 375 g/mol. The summed E-state index contributed by atoms with van der Waals surface area (Å²) in [5.74, 6) is -0.531. The van der Waals surface area contributed by atoms with E-state index in [-0.39, 0.29) is 12.5 Å². The molecule has 0 fully saturated rings. The van der Waals surface area contributed by atoms with Gasteiger partial charge >= 0.3 is 6.09 Å². The normalized spacial score (nSPS) is 17.5. The molecule has 3 amide bonds. The van der Waals surface area contributed by atoms with Crippen molar-refractivity contribution in [3.63, 3.8) is 0 Å². The van der Waals surface area contributed by atoms with Crippen molar-refractivity contribution >= 4 is 29.3 Å². The molecule has 1 aromatic carbocycles. The van der Waals surface area contributed by atoms with Gasteiger partial charge in [0.1, 0.15) is 11.6 Å². The van der Waals surface area contributed by atoms with Crippen LogP contribution in [0.1, 0.15) is 47.1 Å². The number of nitrogens with zero attached hydrogens (tertiary/aromatic N) is 1. The number of anilines is 2. The number of carbonyl (C=O) groups excluding carboxylic acids is 3. The SMILES string of the molecule is Cc1ccc2c(c1)NC(=O)C(NC(=O)OC(C)(C)C)CN2C(=O)C(C)(C)C. The lowest BCUT2D eigenvalue weighted by Crippen LogP contribution is -2.52. The van der Waals surface area contributed by atoms with E-state index in [4.69, 9.17) is 4.74 Å². The van der Waals surface area contributed by atoms with Crippen LogP contribution >= 0.6 is 0 Å². The molecular weight excluding hydrogens is 346 g/mol. The third kappa shape index (κ3) is 5.21. The predicted octanol–water partition coefficient (Wildman–Crippen LogP) is 3.22. The molecule has 1 unspecified atom stereocenters. The highest BCUT2D eigenvalue weighted by atomic mass is 16.6. The predicted molar refractivity (Wildman–Crippen MR) is 105 cm³/mol. The standard InChI is InChI=1S/C20H29N3O4/c1-12-8-9-15-13(10-12)21-16(24)14(22-18(26)27-20(5,6)7)11-23(15)17(25)19(2,3)4/h8-10,14H,11H2,1-7H3,(H,21,24)(H,22,26). The van der Waals surface area contributed by atoms with Crippen molar-refractivity contribution in [2.75, 3.05) is 16.8 Å². The Morgan fingerprint density at radius 1 is 1.19 bits per heavy atom. The number of amides is 3. The fourth-order valence-electron chi connectivity index (χ4n) is 2.73. The molecule has 7 nitrogen and oxygen atoms in total. The number of carbonyl (C=O) groups is 3. The Kier molecular flexibility index (Phi) is 5.54. The minimum Gasteiger partial charge on any atom is -0.444 e. The molecule has 1 aliphatic rings. The van der Waals surface area contributed by atoms with E-state index in [0.717, 1.165) is 5.56 Å². The minimum absolute atomic E-state index is 0.0250. The van der Waals surface area contributed by atoms with Crippen molar-refractivity contribution < 1.29 is 19.1 Å². The highest BCUT2D eigenvalue weighted by Gasteiger charge is 2.36. The van der Waals surface area contributed by atoms with E-state index in [1.807, 2.05) is 45.9 Å². The van der Waals surface area contributed by atoms with Crippen molar-refractivity contribution in [1.29, 1.82) is 0 Å². The molecule has 2 N–H and O–H groups in total. The van der Waals surface area contributed by atoms with Gasteiger partial charge in [0, 0.05) is 5.41 Å². The van der Waals surface area contributed by atoms with Gasteiger partial charge in [-0.15, -0.1) is 0 Å². The van der Waals surface area contributed by atoms with Crippen LogP contribution < -0.4 is 15.5 Å². The molecule has 148 valence electrons. The van der Waals surface area contributed by atoms with Crippen LogP contribution in [-0.2, 0) is 14.3 Å². The Bertz CT molecular complexity index is 759. The molecule has 27 heavy (non-hydrogen) atoms. The van der Waals surface area contributed by atoms with Crippen molar-refractivity contribution in [3.8, 4) is 0 Å². The van der Waals surface area contributed by atoms with Crippen LogP contribution in [0.5, 0.6) is 0 Å². The van der Waals surface area contributed by atoms with E-state index in [1.165, 1.54) is 0 Å². The fourth-order valence-corrected chi connectivity index (χ4v) is 2.73. The summed E-state index contributed by atoms with van der Waals surface area (Å²) in [6, 6.07) is 4.57. The largest absolute Gasteiger partial charge is 0.444 e. The van der Waals surface area contributed by atoms with Crippen molar-refractivity contribution in [1.82, 2.24) is 5.32 Å². The summed E-state index contributed by atoms with van der Waals surface area (Å²) in [5, 5.41) is 5.40. The van der Waals surface area contributed by atoms with Gasteiger partial charge in [-0.05, 0) is 45.4 Å². The van der Waals surface area contributed by atoms with Gasteiger partial charge in [0.2, 0.25) is 11.8 Å². The van der Waals surface area contributed by atoms with Gasteiger partial charge in [-0.2, -0.15) is 0 Å². The number of benzene rings is 1. The summed E-state index contributed by atoms with van der Waals surface area (Å²) in [4.78, 5) is 39.4. The summed E-state index contributed by atoms with van der Waals surface area (Å²) >= 11 is 0. The van der Waals surface area contributed by atoms with E-state index >= 15 is 0 Å². The second kappa shape index (κ2) is 7.21. The van der Waals surface area contributed by atoms with Gasteiger partial charge in [-0.25, -0.2) is 4.79 Å². The Morgan fingerprint density at radius 3 is 2.37 bits per heavy atom. The zero-order valence-electron chi connectivity index (χ0n) is 17.1. The van der Waals surface area contributed by atoms with Crippen molar-refractivity contribution in [2.45, 2.75) is 60.1 Å². The van der Waals surface area contributed by atoms with E-state index in [1.54, 1.807) is 25.7 Å². The van der Waals surface area contributed by atoms with Crippen LogP contribution in [0.15, 0.2) is 18.2 Å². The molecule has 0 saturated carbocycles. The second-order valence-corrected chi connectivity index (χ2v) is 8.87. The third-order valence-corrected chi connectivity index (χ3v) is 3.96. The number of fused-ring (bicyclic) bond motifs is 1. The number of ether oxygens (including phenoxy) is 1. The highest BCUT2D eigenvalue weighted by Crippen LogP contribution is 2.33. The average molecular weight is 375 g/mol. The first-order chi connectivity index (χ1) is 12.3. The maximum atomic E-state index is 13.0. The Morgan fingerprint density at radius 2 is 1.81 bits per heavy atom. The first kappa shape index (κ1) is 20.7. The van der Waals surface area contributed by atoms with Crippen LogP contribution in [0.2, 0.25) is 0 Å². The van der Waals surface area contributed by atoms with Crippen LogP contribution in [-0.4, -0.2) is 36.1 Å². The second-order valence-electron chi connectivity index (χ2n) is 8.87. The number of hydrogen-bond acceptors (Lipinski definition) is 4. The smallest absolute Gasteiger partial charge is 0.408 e. The lowest BCUT2D eigenvalue weighted by molar-refractivity contribution is -0.126. The molecule has 0 aliphatic carbocycles. The molecular formula is C20H29N3O4. The molecule has 0 radical (unpaired) electrons. The van der Waals surface area contributed by atoms with Crippen molar-refractivity contribution in [2.24, 2.45) is 5.41 Å². The molecule has 1 aliphatic heterocycles. The highest BCUT2D eigenvalue weighted by molar-refractivity contribution is 6.07. The summed E-state index contributed by atoms with van der Waals surface area (Å²) < 4.78 is 5.26. The van der Waals surface area contributed by atoms with Crippen LogP contribution in [0, 0.1) is 12.3 Å². The first-order valence-corrected chi connectivity index (χ1v) is 9.01. The Labute approximate surface area is 160 Å². The molecule has 0 aromatic heterocycles. The molecule has 1 atom stereocenters. The van der Waals surface area contributed by atoms with Crippen molar-refractivity contribution in [3.05, 3.63) is 23.8 Å². The molecule has 0 bridgehead atoms. The third-order valence-electron chi connectivity index (χ3n) is 3.96. The van der Waals surface area contributed by atoms with Gasteiger partial charge in [0.15, 0.2) is 0 Å². The molecule has 0 saturated heterocycles. The van der Waals surface area contributed by atoms with Gasteiger partial charge in [-0.3, -0.25) is 9.59 Å². The van der Waals surface area contributed by atoms with E-state index < -0.39 is 29.1 Å². The van der Waals surface area contributed by atoms with Gasteiger partial charge < -0.3 is 20.3 Å². The maximum absolute atomic E-state index is 13.0. The zero-order chi connectivity index (χ0) is 20.6. The first-order valence-electron chi connectivity index (χ1n) is 9.01. The maximum Gasteiger partial charge on any atom is 0.408 e. The molecule has 0 spiro atoms. The molecule has 7 heteroatoms. The quantitative estimate of drug-likeness (QED) is 0.789. The number of alkyl carbamates (subject to hydrolysis) is 1. The topological polar surface area (TPSA) is 87.7 Å². The number of nitrogens with one attached hydrogen (secondary N) is 2. The van der Waals surface area contributed by atoms with Gasteiger partial charge in [-0.1, -0.05) is 26.8 Å². The van der Waals surface area contributed by atoms with E-state index in [9.17, 15) is 14.4 Å². The number of rotatable bonds is 1. The Balaban J connectivity index is 2.37. The van der Waals surface area contributed by atoms with Gasteiger partial charge in [0.05, 0.1) is 17.9 Å². The summed E-state index contributed by atoms with van der Waals surface area (Å²) in [6.45, 7) is 12.6. The molecule has 2 rings (SSSR count). The zero-order valence-corrected chi connectivity index (χ0v) is 17.1. The number of aryl methyl sites for hydroxylation is 1. The van der Waals surface area contributed by atoms with Crippen LogP contribution in [0.3, 0.4) is 0 Å². The Hall–Kier alpha value is -2.57. The van der Waals surface area contributed by atoms with E-state index in [2.05, 4.69) is 10.6 Å². The summed E-state index contributed by atoms with van der Waals surface area (Å²) in [7, 11) is 0. The fraction of sp³-hybridized carbons (Fsp3) is 0.550. The summed E-state index contributed by atoms with van der Waals surface area (Å²) in [6.07, 6.45) is -0.701. The summed E-state index contributed by atoms with van der Waals surface area (Å²) in [5.41, 5.74) is 0.780. The van der Waals surface area contributed by atoms with Gasteiger partial charge in [0.25, 0.3) is 0 Å². The van der Waals surface area contributed by atoms with Crippen LogP contribution in [0.25, 0.3) is 0 Å². The van der Waals surface area contributed by atoms with Crippen LogP contribution in [0.4, 0.5) is 16.2 Å². The average Bonchev–Trinajstić information content (AvgIpc) is 2.60. The number of hydrogen-bond donors (Lipinski definition) is 2. The minimum atomic E-state index is -0.932.